The predicted molar refractivity (Wildman–Crippen MR) is 56.5 cm³/mol. The van der Waals surface area contributed by atoms with Crippen LogP contribution in [0.3, 0.4) is 0 Å². The van der Waals surface area contributed by atoms with Crippen LogP contribution in [0.25, 0.3) is 0 Å². The van der Waals surface area contributed by atoms with Crippen molar-refractivity contribution in [3.8, 4) is 0 Å². The average Bonchev–Trinajstić information content (AvgIpc) is 2.21. The van der Waals surface area contributed by atoms with Gasteiger partial charge in [0.25, 0.3) is 0 Å². The second-order valence-corrected chi connectivity index (χ2v) is 3.33. The smallest absolute Gasteiger partial charge is 0.324 e. The molecule has 0 amide bonds. The molecule has 4 nitrogen and oxygen atoms in total. The largest absolute Gasteiger partial charge is 0.369 e. The molecule has 0 saturated heterocycles. The number of rotatable bonds is 8. The first-order valence-electron chi connectivity index (χ1n) is 5.39. The van der Waals surface area contributed by atoms with Gasteiger partial charge in [-0.2, -0.15) is 0 Å². The van der Waals surface area contributed by atoms with Crippen LogP contribution >= 0.6 is 0 Å². The Kier molecular flexibility index (Phi) is 8.57. The Morgan fingerprint density at radius 1 is 1.36 bits per heavy atom. The summed E-state index contributed by atoms with van der Waals surface area (Å²) < 4.78 is 0. The Hall–Kier alpha value is -0.610. The molecule has 0 aromatic carbocycles. The number of carbonyl (C=O) groups excluding carboxylic acids is 1. The molecular formula is C10H22N2O2. The third kappa shape index (κ3) is 8.01. The molecule has 14 heavy (non-hydrogen) atoms. The molecular weight excluding hydrogens is 180 g/mol. The molecule has 2 N–H and O–H groups in total. The van der Waals surface area contributed by atoms with Crippen molar-refractivity contribution in [1.29, 1.82) is 0 Å². The molecule has 0 aliphatic rings. The lowest BCUT2D eigenvalue weighted by molar-refractivity contribution is -0.152. The van der Waals surface area contributed by atoms with Crippen molar-refractivity contribution >= 4 is 5.97 Å². The lowest BCUT2D eigenvalue weighted by atomic mass is 10.2. The van der Waals surface area contributed by atoms with Gasteiger partial charge in [-0.1, -0.05) is 26.7 Å². The normalized spacial score (nSPS) is 12.5. The van der Waals surface area contributed by atoms with E-state index < -0.39 is 0 Å². The number of hydrogen-bond acceptors (Lipinski definition) is 4. The van der Waals surface area contributed by atoms with Crippen LogP contribution in [0.15, 0.2) is 0 Å². The van der Waals surface area contributed by atoms with Gasteiger partial charge in [0.1, 0.15) is 0 Å². The topological polar surface area (TPSA) is 50.4 Å². The van der Waals surface area contributed by atoms with Crippen molar-refractivity contribution < 1.29 is 9.63 Å². The highest BCUT2D eigenvalue weighted by Crippen LogP contribution is 1.91. The van der Waals surface area contributed by atoms with Crippen molar-refractivity contribution in [3.05, 3.63) is 0 Å². The highest BCUT2D eigenvalue weighted by Gasteiger charge is 2.02. The molecule has 0 aliphatic carbocycles. The molecule has 1 atom stereocenters. The van der Waals surface area contributed by atoms with Crippen LogP contribution in [0.1, 0.15) is 46.5 Å². The molecule has 0 spiro atoms. The molecule has 0 bridgehead atoms. The first kappa shape index (κ1) is 13.4. The summed E-state index contributed by atoms with van der Waals surface area (Å²) in [5.74, 6) is -0.229. The third-order valence-corrected chi connectivity index (χ3v) is 1.87. The number of unbranched alkanes of at least 4 members (excludes halogenated alkanes) is 2. The van der Waals surface area contributed by atoms with Crippen LogP contribution in [0.5, 0.6) is 0 Å². The summed E-state index contributed by atoms with van der Waals surface area (Å²) in [6, 6.07) is 0. The molecule has 4 heteroatoms. The zero-order valence-corrected chi connectivity index (χ0v) is 9.43. The van der Waals surface area contributed by atoms with Gasteiger partial charge in [-0.05, 0) is 19.9 Å². The first-order valence-corrected chi connectivity index (χ1v) is 5.39. The van der Waals surface area contributed by atoms with Crippen LogP contribution in [0.2, 0.25) is 0 Å². The molecule has 0 heterocycles. The average molecular weight is 202 g/mol. The maximum Gasteiger partial charge on any atom is 0.324 e. The van der Waals surface area contributed by atoms with Crippen molar-refractivity contribution in [2.45, 2.75) is 52.6 Å². The summed E-state index contributed by atoms with van der Waals surface area (Å²) in [4.78, 5) is 15.5. The molecule has 0 saturated carbocycles. The number of carbonyl (C=O) groups is 1. The standard InChI is InChI=1S/C10H22N2O2/c1-4-6-7-8-11-9(3)12-14-10(13)5-2/h9,11-12H,4-8H2,1-3H3. The second-order valence-electron chi connectivity index (χ2n) is 3.33. The van der Waals surface area contributed by atoms with Crippen LogP contribution < -0.4 is 10.8 Å². The Bertz CT molecular complexity index is 151. The van der Waals surface area contributed by atoms with E-state index in [2.05, 4.69) is 17.7 Å². The molecule has 1 unspecified atom stereocenters. The van der Waals surface area contributed by atoms with Gasteiger partial charge in [0.2, 0.25) is 0 Å². The van der Waals surface area contributed by atoms with E-state index in [9.17, 15) is 4.79 Å². The van der Waals surface area contributed by atoms with Gasteiger partial charge in [0.05, 0.1) is 6.17 Å². The van der Waals surface area contributed by atoms with E-state index in [1.165, 1.54) is 12.8 Å². The Morgan fingerprint density at radius 3 is 2.64 bits per heavy atom. The van der Waals surface area contributed by atoms with Gasteiger partial charge in [-0.15, -0.1) is 5.48 Å². The Morgan fingerprint density at radius 2 is 2.07 bits per heavy atom. The fourth-order valence-electron chi connectivity index (χ4n) is 0.962. The lowest BCUT2D eigenvalue weighted by Gasteiger charge is -2.14. The summed E-state index contributed by atoms with van der Waals surface area (Å²) in [7, 11) is 0. The van der Waals surface area contributed by atoms with Gasteiger partial charge in [0, 0.05) is 6.42 Å². The molecule has 0 fully saturated rings. The number of hydrogen-bond donors (Lipinski definition) is 2. The summed E-state index contributed by atoms with van der Waals surface area (Å²) in [5, 5.41) is 3.21. The summed E-state index contributed by atoms with van der Waals surface area (Å²) >= 11 is 0. The summed E-state index contributed by atoms with van der Waals surface area (Å²) in [6.07, 6.45) is 4.02. The maximum absolute atomic E-state index is 10.8. The van der Waals surface area contributed by atoms with E-state index in [-0.39, 0.29) is 12.1 Å². The van der Waals surface area contributed by atoms with Gasteiger partial charge in [0.15, 0.2) is 0 Å². The maximum atomic E-state index is 10.8. The van der Waals surface area contributed by atoms with Crippen LogP contribution in [-0.4, -0.2) is 18.7 Å². The van der Waals surface area contributed by atoms with Crippen LogP contribution in [-0.2, 0) is 9.63 Å². The fourth-order valence-corrected chi connectivity index (χ4v) is 0.962. The zero-order valence-electron chi connectivity index (χ0n) is 9.43. The SMILES string of the molecule is CCCCCNC(C)NOC(=O)CC. The number of hydroxylamine groups is 1. The zero-order chi connectivity index (χ0) is 10.8. The second kappa shape index (κ2) is 8.97. The summed E-state index contributed by atoms with van der Waals surface area (Å²) in [5.41, 5.74) is 2.65. The van der Waals surface area contributed by atoms with Crippen LogP contribution in [0.4, 0.5) is 0 Å². The van der Waals surface area contributed by atoms with Crippen molar-refractivity contribution in [1.82, 2.24) is 10.8 Å². The van der Waals surface area contributed by atoms with E-state index in [1.54, 1.807) is 6.92 Å². The minimum atomic E-state index is -0.229. The molecule has 0 aromatic heterocycles. The van der Waals surface area contributed by atoms with Gasteiger partial charge < -0.3 is 4.84 Å². The molecule has 0 radical (unpaired) electrons. The molecule has 0 aromatic rings. The summed E-state index contributed by atoms with van der Waals surface area (Å²) in [6.45, 7) is 6.81. The minimum Gasteiger partial charge on any atom is -0.369 e. The van der Waals surface area contributed by atoms with E-state index >= 15 is 0 Å². The monoisotopic (exact) mass is 202 g/mol. The predicted octanol–water partition coefficient (Wildman–Crippen LogP) is 1.57. The fraction of sp³-hybridized carbons (Fsp3) is 0.900. The van der Waals surface area contributed by atoms with Crippen LogP contribution in [0, 0.1) is 0 Å². The van der Waals surface area contributed by atoms with E-state index in [0.717, 1.165) is 13.0 Å². The minimum absolute atomic E-state index is 0.0161. The van der Waals surface area contributed by atoms with Crippen molar-refractivity contribution in [2.24, 2.45) is 0 Å². The van der Waals surface area contributed by atoms with E-state index in [0.29, 0.717) is 6.42 Å². The molecule has 84 valence electrons. The first-order chi connectivity index (χ1) is 6.70. The van der Waals surface area contributed by atoms with Gasteiger partial charge in [-0.3, -0.25) is 10.1 Å². The van der Waals surface area contributed by atoms with Crippen molar-refractivity contribution in [3.63, 3.8) is 0 Å². The van der Waals surface area contributed by atoms with Gasteiger partial charge >= 0.3 is 5.97 Å². The quantitative estimate of drug-likeness (QED) is 0.356. The Balaban J connectivity index is 3.27. The molecule has 0 rings (SSSR count). The van der Waals surface area contributed by atoms with Gasteiger partial charge in [-0.25, -0.2) is 0 Å². The molecule has 0 aliphatic heterocycles. The highest BCUT2D eigenvalue weighted by atomic mass is 16.7. The van der Waals surface area contributed by atoms with Crippen molar-refractivity contribution in [2.75, 3.05) is 6.54 Å². The third-order valence-electron chi connectivity index (χ3n) is 1.87. The van der Waals surface area contributed by atoms with E-state index in [4.69, 9.17) is 4.84 Å². The van der Waals surface area contributed by atoms with E-state index in [1.807, 2.05) is 6.92 Å². The highest BCUT2D eigenvalue weighted by molar-refractivity contribution is 5.68. The lowest BCUT2D eigenvalue weighted by Crippen LogP contribution is -2.41. The number of nitrogens with one attached hydrogen (secondary N) is 2. The Labute approximate surface area is 86.4 Å².